The largest absolute Gasteiger partial charge is 0.299 e. The van der Waals surface area contributed by atoms with Crippen molar-refractivity contribution in [3.05, 3.63) is 102 Å². The van der Waals surface area contributed by atoms with Crippen molar-refractivity contribution >= 4 is 38.5 Å². The summed E-state index contributed by atoms with van der Waals surface area (Å²) in [6.45, 7) is 0. The molecule has 0 saturated carbocycles. The highest BCUT2D eigenvalue weighted by Gasteiger charge is 2.22. The lowest BCUT2D eigenvalue weighted by atomic mass is 9.82. The number of nitrogens with one attached hydrogen (secondary N) is 2. The van der Waals surface area contributed by atoms with Crippen molar-refractivity contribution in [2.24, 2.45) is 0 Å². The van der Waals surface area contributed by atoms with E-state index in [1.54, 1.807) is 0 Å². The summed E-state index contributed by atoms with van der Waals surface area (Å²) < 4.78 is 0. The van der Waals surface area contributed by atoms with Crippen molar-refractivity contribution < 1.29 is 0 Å². The normalized spacial score (nSPS) is 13.8. The van der Waals surface area contributed by atoms with Crippen LogP contribution in [0.15, 0.2) is 84.9 Å². The molecule has 2 N–H and O–H groups in total. The quantitative estimate of drug-likeness (QED) is 0.412. The SMILES string of the molecule is N=C1C=C(c2cc3ccccc3c3ccccc23)c2ccccc2C1=N. The third-order valence-electron chi connectivity index (χ3n) is 5.10. The van der Waals surface area contributed by atoms with Gasteiger partial charge in [-0.25, -0.2) is 0 Å². The van der Waals surface area contributed by atoms with Gasteiger partial charge in [0.1, 0.15) is 0 Å². The first-order chi connectivity index (χ1) is 12.7. The Hall–Kier alpha value is -3.52. The van der Waals surface area contributed by atoms with E-state index in [4.69, 9.17) is 10.8 Å². The summed E-state index contributed by atoms with van der Waals surface area (Å²) >= 11 is 0. The van der Waals surface area contributed by atoms with Crippen molar-refractivity contribution in [1.29, 1.82) is 10.8 Å². The molecule has 4 aromatic carbocycles. The van der Waals surface area contributed by atoms with Crippen molar-refractivity contribution in [2.75, 3.05) is 0 Å². The van der Waals surface area contributed by atoms with Crippen LogP contribution in [0.4, 0.5) is 0 Å². The molecule has 2 nitrogen and oxygen atoms in total. The van der Waals surface area contributed by atoms with Crippen LogP contribution in [0.5, 0.6) is 0 Å². The van der Waals surface area contributed by atoms with E-state index < -0.39 is 0 Å². The van der Waals surface area contributed by atoms with Crippen LogP contribution in [0.2, 0.25) is 0 Å². The van der Waals surface area contributed by atoms with Gasteiger partial charge in [0.25, 0.3) is 0 Å². The Balaban J connectivity index is 1.91. The molecule has 0 unspecified atom stereocenters. The molecule has 2 heteroatoms. The maximum atomic E-state index is 8.28. The van der Waals surface area contributed by atoms with Crippen molar-refractivity contribution in [2.45, 2.75) is 0 Å². The fraction of sp³-hybridized carbons (Fsp3) is 0. The van der Waals surface area contributed by atoms with Gasteiger partial charge < -0.3 is 0 Å². The standard InChI is InChI=1S/C24H16N2/c25-23-14-22(19-11-5-6-12-20(19)24(23)26)21-13-15-7-1-2-8-16(15)17-9-3-4-10-18(17)21/h1-14,25-26H. The number of fused-ring (bicyclic) bond motifs is 4. The number of hydrogen-bond donors (Lipinski definition) is 2. The Morgan fingerprint density at radius 3 is 1.96 bits per heavy atom. The Morgan fingerprint density at radius 1 is 0.538 bits per heavy atom. The maximum Gasteiger partial charge on any atom is 0.0867 e. The van der Waals surface area contributed by atoms with Gasteiger partial charge in [-0.1, -0.05) is 72.8 Å². The Labute approximate surface area is 151 Å². The number of allylic oxidation sites excluding steroid dienone is 1. The molecular formula is C24H16N2. The van der Waals surface area contributed by atoms with Crippen LogP contribution in [0.25, 0.3) is 27.1 Å². The predicted octanol–water partition coefficient (Wildman–Crippen LogP) is 5.83. The van der Waals surface area contributed by atoms with E-state index in [-0.39, 0.29) is 11.4 Å². The van der Waals surface area contributed by atoms with E-state index in [0.29, 0.717) is 0 Å². The Bertz CT molecular complexity index is 1260. The minimum atomic E-state index is 0.260. The van der Waals surface area contributed by atoms with E-state index in [1.165, 1.54) is 21.5 Å². The minimum Gasteiger partial charge on any atom is -0.299 e. The summed E-state index contributed by atoms with van der Waals surface area (Å²) in [7, 11) is 0. The fourth-order valence-electron chi connectivity index (χ4n) is 3.88. The van der Waals surface area contributed by atoms with Crippen LogP contribution in [-0.4, -0.2) is 11.4 Å². The zero-order valence-corrected chi connectivity index (χ0v) is 14.1. The van der Waals surface area contributed by atoms with Gasteiger partial charge in [-0.05, 0) is 50.4 Å². The monoisotopic (exact) mass is 332 g/mol. The molecule has 4 aromatic rings. The smallest absolute Gasteiger partial charge is 0.0867 e. The van der Waals surface area contributed by atoms with E-state index in [2.05, 4.69) is 54.6 Å². The first-order valence-electron chi connectivity index (χ1n) is 8.64. The molecule has 0 saturated heterocycles. The topological polar surface area (TPSA) is 47.7 Å². The van der Waals surface area contributed by atoms with Gasteiger partial charge in [0.05, 0.1) is 11.4 Å². The van der Waals surface area contributed by atoms with Crippen molar-refractivity contribution in [3.8, 4) is 0 Å². The molecule has 1 aliphatic carbocycles. The lowest BCUT2D eigenvalue weighted by Crippen LogP contribution is -2.18. The zero-order valence-electron chi connectivity index (χ0n) is 14.1. The summed E-state index contributed by atoms with van der Waals surface area (Å²) in [6.07, 6.45) is 1.83. The molecule has 122 valence electrons. The first kappa shape index (κ1) is 14.8. The van der Waals surface area contributed by atoms with Gasteiger partial charge in [0.2, 0.25) is 0 Å². The summed E-state index contributed by atoms with van der Waals surface area (Å²) in [6, 6.07) is 27.0. The lowest BCUT2D eigenvalue weighted by molar-refractivity contribution is 1.43. The average Bonchev–Trinajstić information content (AvgIpc) is 2.70. The van der Waals surface area contributed by atoms with Crippen LogP contribution in [0.1, 0.15) is 16.7 Å². The summed E-state index contributed by atoms with van der Waals surface area (Å²) in [5, 5.41) is 21.3. The van der Waals surface area contributed by atoms with Gasteiger partial charge in [0, 0.05) is 5.56 Å². The molecule has 0 amide bonds. The molecule has 0 atom stereocenters. The molecule has 0 heterocycles. The summed E-state index contributed by atoms with van der Waals surface area (Å²) in [5.74, 6) is 0. The van der Waals surface area contributed by atoms with Gasteiger partial charge >= 0.3 is 0 Å². The number of benzene rings is 4. The fourth-order valence-corrected chi connectivity index (χ4v) is 3.88. The molecule has 0 radical (unpaired) electrons. The molecule has 5 rings (SSSR count). The molecule has 1 aliphatic rings. The molecule has 0 bridgehead atoms. The van der Waals surface area contributed by atoms with E-state index in [1.807, 2.05) is 30.3 Å². The molecule has 0 aliphatic heterocycles. The van der Waals surface area contributed by atoms with E-state index in [9.17, 15) is 0 Å². The van der Waals surface area contributed by atoms with Gasteiger partial charge in [-0.15, -0.1) is 0 Å². The average molecular weight is 332 g/mol. The van der Waals surface area contributed by atoms with E-state index in [0.717, 1.165) is 22.3 Å². The Morgan fingerprint density at radius 2 is 1.15 bits per heavy atom. The molecule has 0 aromatic heterocycles. The van der Waals surface area contributed by atoms with Crippen LogP contribution in [0, 0.1) is 10.8 Å². The van der Waals surface area contributed by atoms with Gasteiger partial charge in [0.15, 0.2) is 0 Å². The zero-order chi connectivity index (χ0) is 17.7. The molecular weight excluding hydrogens is 316 g/mol. The third kappa shape index (κ3) is 2.06. The second kappa shape index (κ2) is 5.50. The maximum absolute atomic E-state index is 8.28. The predicted molar refractivity (Wildman–Crippen MR) is 110 cm³/mol. The van der Waals surface area contributed by atoms with Crippen LogP contribution in [0.3, 0.4) is 0 Å². The lowest BCUT2D eigenvalue weighted by Gasteiger charge is -2.21. The van der Waals surface area contributed by atoms with Gasteiger partial charge in [-0.3, -0.25) is 10.8 Å². The van der Waals surface area contributed by atoms with Crippen molar-refractivity contribution in [1.82, 2.24) is 0 Å². The highest BCUT2D eigenvalue weighted by Crippen LogP contribution is 2.37. The third-order valence-corrected chi connectivity index (χ3v) is 5.10. The highest BCUT2D eigenvalue weighted by molar-refractivity contribution is 6.53. The Kier molecular flexibility index (Phi) is 3.13. The summed E-state index contributed by atoms with van der Waals surface area (Å²) in [4.78, 5) is 0. The van der Waals surface area contributed by atoms with Crippen LogP contribution in [-0.2, 0) is 0 Å². The van der Waals surface area contributed by atoms with Gasteiger partial charge in [-0.2, -0.15) is 0 Å². The second-order valence-corrected chi connectivity index (χ2v) is 6.58. The first-order valence-corrected chi connectivity index (χ1v) is 8.64. The molecule has 0 spiro atoms. The molecule has 26 heavy (non-hydrogen) atoms. The second-order valence-electron chi connectivity index (χ2n) is 6.58. The minimum absolute atomic E-state index is 0.260. The van der Waals surface area contributed by atoms with E-state index >= 15 is 0 Å². The summed E-state index contributed by atoms with van der Waals surface area (Å²) in [5.41, 5.74) is 4.53. The number of rotatable bonds is 1. The highest BCUT2D eigenvalue weighted by atomic mass is 14.5. The van der Waals surface area contributed by atoms with Crippen molar-refractivity contribution in [3.63, 3.8) is 0 Å². The number of hydrogen-bond acceptors (Lipinski definition) is 2. The van der Waals surface area contributed by atoms with Crippen LogP contribution < -0.4 is 0 Å². The van der Waals surface area contributed by atoms with Crippen LogP contribution >= 0.6 is 0 Å². The molecule has 0 fully saturated rings.